The lowest BCUT2D eigenvalue weighted by molar-refractivity contribution is 0.575. The van der Waals surface area contributed by atoms with Gasteiger partial charge >= 0.3 is 0 Å². The molecule has 0 atom stereocenters. The van der Waals surface area contributed by atoms with Gasteiger partial charge < -0.3 is 11.1 Å². The number of hydrogen-bond acceptors (Lipinski definition) is 3. The van der Waals surface area contributed by atoms with Gasteiger partial charge in [0.1, 0.15) is 5.82 Å². The first-order valence-electron chi connectivity index (χ1n) is 7.31. The van der Waals surface area contributed by atoms with Crippen molar-refractivity contribution in [3.8, 4) is 0 Å². The summed E-state index contributed by atoms with van der Waals surface area (Å²) in [5.41, 5.74) is 7.91. The van der Waals surface area contributed by atoms with Crippen molar-refractivity contribution in [3.63, 3.8) is 0 Å². The number of nitrogens with one attached hydrogen (secondary N) is 1. The van der Waals surface area contributed by atoms with Gasteiger partial charge in [0.2, 0.25) is 0 Å². The van der Waals surface area contributed by atoms with Crippen LogP contribution in [0.4, 0.5) is 11.5 Å². The number of nitrogens with two attached hydrogens (primary N) is 1. The highest BCUT2D eigenvalue weighted by Gasteiger charge is 2.17. The van der Waals surface area contributed by atoms with Gasteiger partial charge in [-0.3, -0.25) is 0 Å². The monoisotopic (exact) mass is 250 g/mol. The van der Waals surface area contributed by atoms with Crippen molar-refractivity contribution < 1.29 is 0 Å². The second-order valence-corrected chi connectivity index (χ2v) is 5.40. The van der Waals surface area contributed by atoms with Crippen LogP contribution in [0, 0.1) is 6.92 Å². The summed E-state index contributed by atoms with van der Waals surface area (Å²) < 4.78 is 2.04. The van der Waals surface area contributed by atoms with Crippen LogP contribution in [-0.4, -0.2) is 15.8 Å². The minimum atomic E-state index is 0.571. The van der Waals surface area contributed by atoms with Crippen LogP contribution in [0.25, 0.3) is 0 Å². The third-order valence-electron chi connectivity index (χ3n) is 3.81. The molecule has 1 aliphatic carbocycles. The highest BCUT2D eigenvalue weighted by atomic mass is 15.3. The molecule has 0 aromatic carbocycles. The van der Waals surface area contributed by atoms with Crippen LogP contribution in [0.5, 0.6) is 0 Å². The normalized spacial score (nSPS) is 17.7. The molecule has 1 aliphatic rings. The summed E-state index contributed by atoms with van der Waals surface area (Å²) >= 11 is 0. The molecule has 1 aromatic rings. The Morgan fingerprint density at radius 2 is 1.94 bits per heavy atom. The summed E-state index contributed by atoms with van der Waals surface area (Å²) in [6, 6.07) is 0.571. The standard InChI is InChI=1S/C14H26N4/c1-3-10-18-14(13(15)11(2)17-18)16-12-8-6-4-5-7-9-12/h12,16H,3-10,15H2,1-2H3. The zero-order valence-electron chi connectivity index (χ0n) is 11.7. The van der Waals surface area contributed by atoms with Gasteiger partial charge in [-0.15, -0.1) is 0 Å². The van der Waals surface area contributed by atoms with Crippen LogP contribution < -0.4 is 11.1 Å². The van der Waals surface area contributed by atoms with E-state index in [-0.39, 0.29) is 0 Å². The van der Waals surface area contributed by atoms with E-state index >= 15 is 0 Å². The van der Waals surface area contributed by atoms with Crippen LogP contribution in [0.2, 0.25) is 0 Å². The zero-order chi connectivity index (χ0) is 13.0. The molecule has 0 aliphatic heterocycles. The minimum absolute atomic E-state index is 0.571. The SMILES string of the molecule is CCCn1nc(C)c(N)c1NC1CCCCCC1. The van der Waals surface area contributed by atoms with Crippen LogP contribution >= 0.6 is 0 Å². The van der Waals surface area contributed by atoms with Gasteiger partial charge in [0.25, 0.3) is 0 Å². The molecule has 3 N–H and O–H groups in total. The smallest absolute Gasteiger partial charge is 0.148 e. The van der Waals surface area contributed by atoms with Gasteiger partial charge in [-0.1, -0.05) is 32.6 Å². The molecule has 4 heteroatoms. The average molecular weight is 250 g/mol. The van der Waals surface area contributed by atoms with Crippen molar-refractivity contribution in [2.75, 3.05) is 11.1 Å². The number of nitrogens with zero attached hydrogens (tertiary/aromatic N) is 2. The summed E-state index contributed by atoms with van der Waals surface area (Å²) in [6.07, 6.45) is 9.02. The largest absolute Gasteiger partial charge is 0.394 e. The Hall–Kier alpha value is -1.19. The lowest BCUT2D eigenvalue weighted by Gasteiger charge is -2.19. The van der Waals surface area contributed by atoms with Crippen molar-refractivity contribution in [2.45, 2.75) is 71.4 Å². The summed E-state index contributed by atoms with van der Waals surface area (Å²) in [6.45, 7) is 5.09. The fourth-order valence-corrected chi connectivity index (χ4v) is 2.74. The highest BCUT2D eigenvalue weighted by Crippen LogP contribution is 2.27. The van der Waals surface area contributed by atoms with E-state index < -0.39 is 0 Å². The van der Waals surface area contributed by atoms with Crippen molar-refractivity contribution >= 4 is 11.5 Å². The third-order valence-corrected chi connectivity index (χ3v) is 3.81. The first kappa shape index (κ1) is 13.2. The molecule has 102 valence electrons. The van der Waals surface area contributed by atoms with Crippen LogP contribution in [0.1, 0.15) is 57.6 Å². The Balaban J connectivity index is 2.10. The highest BCUT2D eigenvalue weighted by molar-refractivity contribution is 5.65. The lowest BCUT2D eigenvalue weighted by atomic mass is 10.1. The van der Waals surface area contributed by atoms with E-state index in [4.69, 9.17) is 5.73 Å². The number of anilines is 2. The molecule has 1 fully saturated rings. The Morgan fingerprint density at radius 3 is 2.56 bits per heavy atom. The van der Waals surface area contributed by atoms with E-state index in [9.17, 15) is 0 Å². The minimum Gasteiger partial charge on any atom is -0.394 e. The maximum Gasteiger partial charge on any atom is 0.148 e. The van der Waals surface area contributed by atoms with Crippen LogP contribution in [0.15, 0.2) is 0 Å². The van der Waals surface area contributed by atoms with Crippen molar-refractivity contribution in [3.05, 3.63) is 5.69 Å². The molecule has 1 saturated carbocycles. The van der Waals surface area contributed by atoms with Gasteiger partial charge in [0.05, 0.1) is 11.4 Å². The quantitative estimate of drug-likeness (QED) is 0.806. The number of hydrogen-bond donors (Lipinski definition) is 2. The van der Waals surface area contributed by atoms with E-state index in [1.807, 2.05) is 11.6 Å². The first-order valence-corrected chi connectivity index (χ1v) is 7.31. The van der Waals surface area contributed by atoms with Gasteiger partial charge in [-0.05, 0) is 26.2 Å². The van der Waals surface area contributed by atoms with Crippen LogP contribution in [0.3, 0.4) is 0 Å². The molecule has 0 amide bonds. The van der Waals surface area contributed by atoms with Gasteiger partial charge in [-0.2, -0.15) is 5.10 Å². The fourth-order valence-electron chi connectivity index (χ4n) is 2.74. The molecular weight excluding hydrogens is 224 g/mol. The molecule has 0 spiro atoms. The van der Waals surface area contributed by atoms with E-state index in [0.29, 0.717) is 6.04 Å². The third kappa shape index (κ3) is 2.98. The van der Waals surface area contributed by atoms with Crippen molar-refractivity contribution in [1.29, 1.82) is 0 Å². The number of aryl methyl sites for hydroxylation is 2. The Morgan fingerprint density at radius 1 is 1.28 bits per heavy atom. The second kappa shape index (κ2) is 6.12. The summed E-state index contributed by atoms with van der Waals surface area (Å²) in [5.74, 6) is 1.04. The lowest BCUT2D eigenvalue weighted by Crippen LogP contribution is -2.21. The molecule has 0 saturated heterocycles. The van der Waals surface area contributed by atoms with Crippen molar-refractivity contribution in [2.24, 2.45) is 0 Å². The Kier molecular flexibility index (Phi) is 4.50. The molecule has 0 bridgehead atoms. The topological polar surface area (TPSA) is 55.9 Å². The number of rotatable bonds is 4. The van der Waals surface area contributed by atoms with E-state index in [1.54, 1.807) is 0 Å². The molecule has 2 rings (SSSR count). The first-order chi connectivity index (χ1) is 8.72. The van der Waals surface area contributed by atoms with E-state index in [2.05, 4.69) is 17.3 Å². The molecular formula is C14H26N4. The average Bonchev–Trinajstić information content (AvgIpc) is 2.58. The predicted molar refractivity (Wildman–Crippen MR) is 76.8 cm³/mol. The van der Waals surface area contributed by atoms with Crippen molar-refractivity contribution in [1.82, 2.24) is 9.78 Å². The van der Waals surface area contributed by atoms with Gasteiger partial charge in [0.15, 0.2) is 0 Å². The molecule has 1 aromatic heterocycles. The molecule has 18 heavy (non-hydrogen) atoms. The van der Waals surface area contributed by atoms with E-state index in [1.165, 1.54) is 38.5 Å². The Bertz CT molecular complexity index is 375. The number of nitrogen functional groups attached to an aromatic ring is 1. The van der Waals surface area contributed by atoms with E-state index in [0.717, 1.165) is 30.2 Å². The van der Waals surface area contributed by atoms with Gasteiger partial charge in [-0.25, -0.2) is 4.68 Å². The maximum absolute atomic E-state index is 6.14. The zero-order valence-corrected chi connectivity index (χ0v) is 11.7. The predicted octanol–water partition coefficient (Wildman–Crippen LogP) is 3.32. The maximum atomic E-state index is 6.14. The summed E-state index contributed by atoms with van der Waals surface area (Å²) in [5, 5.41) is 8.16. The second-order valence-electron chi connectivity index (χ2n) is 5.40. The molecule has 0 unspecified atom stereocenters. The van der Waals surface area contributed by atoms with Crippen LogP contribution in [-0.2, 0) is 6.54 Å². The number of aromatic nitrogens is 2. The molecule has 1 heterocycles. The summed E-state index contributed by atoms with van der Waals surface area (Å²) in [4.78, 5) is 0. The Labute approximate surface area is 110 Å². The fraction of sp³-hybridized carbons (Fsp3) is 0.786. The van der Waals surface area contributed by atoms with Gasteiger partial charge in [0, 0.05) is 12.6 Å². The molecule has 4 nitrogen and oxygen atoms in total. The molecule has 0 radical (unpaired) electrons. The summed E-state index contributed by atoms with van der Waals surface area (Å²) in [7, 11) is 0.